The summed E-state index contributed by atoms with van der Waals surface area (Å²) in [5, 5.41) is 11.5. The van der Waals surface area contributed by atoms with Gasteiger partial charge in [-0.1, -0.05) is 13.8 Å². The number of hydrogen-bond donors (Lipinski definition) is 2. The fourth-order valence-electron chi connectivity index (χ4n) is 1.96. The van der Waals surface area contributed by atoms with Gasteiger partial charge in [-0.05, 0) is 6.92 Å². The number of anilines is 1. The van der Waals surface area contributed by atoms with Crippen molar-refractivity contribution in [3.63, 3.8) is 0 Å². The van der Waals surface area contributed by atoms with Gasteiger partial charge in [-0.3, -0.25) is 9.59 Å². The highest BCUT2D eigenvalue weighted by Crippen LogP contribution is 2.19. The molecule has 0 bridgehead atoms. The van der Waals surface area contributed by atoms with Crippen LogP contribution >= 0.6 is 0 Å². The van der Waals surface area contributed by atoms with E-state index >= 15 is 0 Å². The van der Waals surface area contributed by atoms with Crippen LogP contribution in [-0.2, 0) is 11.2 Å². The van der Waals surface area contributed by atoms with Crippen molar-refractivity contribution in [1.29, 1.82) is 0 Å². The van der Waals surface area contributed by atoms with Gasteiger partial charge in [0.2, 0.25) is 0 Å². The summed E-state index contributed by atoms with van der Waals surface area (Å²) in [6, 6.07) is 0. The Kier molecular flexibility index (Phi) is 4.55. The summed E-state index contributed by atoms with van der Waals surface area (Å²) in [4.78, 5) is 31.4. The minimum atomic E-state index is -1.06. The molecule has 0 aliphatic rings. The third-order valence-electron chi connectivity index (χ3n) is 3.04. The topological polar surface area (TPSA) is 105 Å². The zero-order valence-electron chi connectivity index (χ0n) is 12.6. The molecule has 0 atom stereocenters. The van der Waals surface area contributed by atoms with E-state index in [0.717, 1.165) is 0 Å². The van der Waals surface area contributed by atoms with Crippen molar-refractivity contribution in [2.45, 2.75) is 33.1 Å². The Bertz CT molecular complexity index is 689. The summed E-state index contributed by atoms with van der Waals surface area (Å²) in [5.41, 5.74) is 1.25. The standard InChI is InChI=1S/C15H17N3O4/c1-8(2)14-16-5-10(6-17-14)18-15(21)13-9(3)7-22-11(13)4-12(19)20/h5-8H,4H2,1-3H3,(H,18,21)(H,19,20). The average Bonchev–Trinajstić information content (AvgIpc) is 2.79. The first-order valence-electron chi connectivity index (χ1n) is 6.80. The summed E-state index contributed by atoms with van der Waals surface area (Å²) in [7, 11) is 0. The first kappa shape index (κ1) is 15.7. The van der Waals surface area contributed by atoms with E-state index in [1.54, 1.807) is 6.92 Å². The van der Waals surface area contributed by atoms with Crippen molar-refractivity contribution in [1.82, 2.24) is 9.97 Å². The maximum Gasteiger partial charge on any atom is 0.311 e. The molecule has 2 aromatic heterocycles. The number of carbonyl (C=O) groups is 2. The number of carboxylic acid groups (broad SMARTS) is 1. The molecule has 0 aliphatic heterocycles. The van der Waals surface area contributed by atoms with Gasteiger partial charge in [-0.25, -0.2) is 9.97 Å². The molecular formula is C15H17N3O4. The van der Waals surface area contributed by atoms with Crippen molar-refractivity contribution < 1.29 is 19.1 Å². The van der Waals surface area contributed by atoms with E-state index in [9.17, 15) is 9.59 Å². The van der Waals surface area contributed by atoms with Gasteiger partial charge in [0.05, 0.1) is 29.9 Å². The number of hydrogen-bond acceptors (Lipinski definition) is 5. The second-order valence-electron chi connectivity index (χ2n) is 5.23. The van der Waals surface area contributed by atoms with E-state index in [4.69, 9.17) is 9.52 Å². The smallest absolute Gasteiger partial charge is 0.311 e. The molecule has 2 heterocycles. The van der Waals surface area contributed by atoms with Crippen molar-refractivity contribution >= 4 is 17.6 Å². The van der Waals surface area contributed by atoms with Crippen LogP contribution in [0.5, 0.6) is 0 Å². The lowest BCUT2D eigenvalue weighted by molar-refractivity contribution is -0.136. The Labute approximate surface area is 127 Å². The third kappa shape index (κ3) is 3.49. The molecule has 0 unspecified atom stereocenters. The van der Waals surface area contributed by atoms with Gasteiger partial charge in [-0.15, -0.1) is 0 Å². The molecule has 2 aromatic rings. The SMILES string of the molecule is Cc1coc(CC(=O)O)c1C(=O)Nc1cnc(C(C)C)nc1. The molecule has 0 fully saturated rings. The summed E-state index contributed by atoms with van der Waals surface area (Å²) in [6.45, 7) is 5.63. The highest BCUT2D eigenvalue weighted by atomic mass is 16.4. The average molecular weight is 303 g/mol. The summed E-state index contributed by atoms with van der Waals surface area (Å²) < 4.78 is 5.14. The van der Waals surface area contributed by atoms with Crippen LogP contribution in [0.1, 0.15) is 47.3 Å². The Morgan fingerprint density at radius 3 is 2.50 bits per heavy atom. The van der Waals surface area contributed by atoms with Gasteiger partial charge < -0.3 is 14.8 Å². The van der Waals surface area contributed by atoms with Crippen LogP contribution in [-0.4, -0.2) is 27.0 Å². The highest BCUT2D eigenvalue weighted by Gasteiger charge is 2.20. The van der Waals surface area contributed by atoms with Gasteiger partial charge in [0.25, 0.3) is 5.91 Å². The molecule has 7 heteroatoms. The molecular weight excluding hydrogens is 286 g/mol. The summed E-state index contributed by atoms with van der Waals surface area (Å²) in [5.74, 6) is -0.495. The normalized spacial score (nSPS) is 10.7. The van der Waals surface area contributed by atoms with E-state index < -0.39 is 11.9 Å². The summed E-state index contributed by atoms with van der Waals surface area (Å²) in [6.07, 6.45) is 4.06. The number of rotatable bonds is 5. The molecule has 7 nitrogen and oxygen atoms in total. The second-order valence-corrected chi connectivity index (χ2v) is 5.23. The molecule has 2 N–H and O–H groups in total. The zero-order chi connectivity index (χ0) is 16.3. The number of aryl methyl sites for hydroxylation is 1. The quantitative estimate of drug-likeness (QED) is 0.878. The van der Waals surface area contributed by atoms with Crippen LogP contribution in [0.3, 0.4) is 0 Å². The maximum absolute atomic E-state index is 12.3. The van der Waals surface area contributed by atoms with Crippen molar-refractivity contribution in [3.05, 3.63) is 41.4 Å². The van der Waals surface area contributed by atoms with Crippen LogP contribution in [0.4, 0.5) is 5.69 Å². The van der Waals surface area contributed by atoms with Crippen LogP contribution in [0, 0.1) is 6.92 Å². The van der Waals surface area contributed by atoms with Crippen LogP contribution in [0.25, 0.3) is 0 Å². The molecule has 0 saturated heterocycles. The highest BCUT2D eigenvalue weighted by molar-refractivity contribution is 6.06. The number of carboxylic acids is 1. The van der Waals surface area contributed by atoms with Crippen molar-refractivity contribution in [3.8, 4) is 0 Å². The number of furan rings is 1. The first-order valence-corrected chi connectivity index (χ1v) is 6.80. The Morgan fingerprint density at radius 1 is 1.32 bits per heavy atom. The number of nitrogens with zero attached hydrogens (tertiary/aromatic N) is 2. The Balaban J connectivity index is 2.18. The van der Waals surface area contributed by atoms with Gasteiger partial charge in [-0.2, -0.15) is 0 Å². The summed E-state index contributed by atoms with van der Waals surface area (Å²) >= 11 is 0. The lowest BCUT2D eigenvalue weighted by Gasteiger charge is -2.07. The fraction of sp³-hybridized carbons (Fsp3) is 0.333. The number of aliphatic carboxylic acids is 1. The molecule has 0 radical (unpaired) electrons. The maximum atomic E-state index is 12.3. The van der Waals surface area contributed by atoms with Crippen LogP contribution in [0.15, 0.2) is 23.1 Å². The first-order chi connectivity index (χ1) is 10.4. The molecule has 2 rings (SSSR count). The number of amides is 1. The van der Waals surface area contributed by atoms with Gasteiger partial charge in [0.1, 0.15) is 18.0 Å². The number of nitrogens with one attached hydrogen (secondary N) is 1. The molecule has 22 heavy (non-hydrogen) atoms. The van der Waals surface area contributed by atoms with E-state index in [-0.39, 0.29) is 23.7 Å². The van der Waals surface area contributed by atoms with E-state index in [1.807, 2.05) is 13.8 Å². The van der Waals surface area contributed by atoms with E-state index in [0.29, 0.717) is 17.1 Å². The Hall–Kier alpha value is -2.70. The predicted molar refractivity (Wildman–Crippen MR) is 78.9 cm³/mol. The minimum absolute atomic E-state index is 0.127. The zero-order valence-corrected chi connectivity index (χ0v) is 12.6. The predicted octanol–water partition coefficient (Wildman–Crippen LogP) is 2.38. The van der Waals surface area contributed by atoms with Gasteiger partial charge >= 0.3 is 5.97 Å². The largest absolute Gasteiger partial charge is 0.481 e. The second kappa shape index (κ2) is 6.38. The molecule has 0 spiro atoms. The van der Waals surface area contributed by atoms with Gasteiger partial charge in [0, 0.05) is 11.5 Å². The molecule has 0 saturated carbocycles. The number of carbonyl (C=O) groups excluding carboxylic acids is 1. The lowest BCUT2D eigenvalue weighted by Crippen LogP contribution is -2.16. The molecule has 116 valence electrons. The molecule has 0 aromatic carbocycles. The van der Waals surface area contributed by atoms with Crippen molar-refractivity contribution in [2.24, 2.45) is 0 Å². The molecule has 1 amide bonds. The number of aromatic nitrogens is 2. The molecule has 0 aliphatic carbocycles. The monoisotopic (exact) mass is 303 g/mol. The van der Waals surface area contributed by atoms with Crippen molar-refractivity contribution in [2.75, 3.05) is 5.32 Å². The third-order valence-corrected chi connectivity index (χ3v) is 3.04. The van der Waals surface area contributed by atoms with E-state index in [1.165, 1.54) is 18.7 Å². The lowest BCUT2D eigenvalue weighted by atomic mass is 10.1. The van der Waals surface area contributed by atoms with Crippen LogP contribution in [0.2, 0.25) is 0 Å². The Morgan fingerprint density at radius 2 is 1.95 bits per heavy atom. The fourth-order valence-corrected chi connectivity index (χ4v) is 1.96. The van der Waals surface area contributed by atoms with Crippen LogP contribution < -0.4 is 5.32 Å². The van der Waals surface area contributed by atoms with E-state index in [2.05, 4.69) is 15.3 Å². The minimum Gasteiger partial charge on any atom is -0.481 e. The van der Waals surface area contributed by atoms with Gasteiger partial charge in [0.15, 0.2) is 0 Å².